The van der Waals surface area contributed by atoms with E-state index in [0.29, 0.717) is 23.2 Å². The van der Waals surface area contributed by atoms with Crippen LogP contribution < -0.4 is 5.32 Å². The maximum absolute atomic E-state index is 13.7. The van der Waals surface area contributed by atoms with E-state index in [1.54, 1.807) is 41.8 Å². The van der Waals surface area contributed by atoms with E-state index in [1.807, 2.05) is 6.92 Å². The molecule has 0 fully saturated rings. The summed E-state index contributed by atoms with van der Waals surface area (Å²) in [6.07, 6.45) is 0.0848. The Morgan fingerprint density at radius 2 is 1.79 bits per heavy atom. The number of aromatic nitrogens is 1. The molecule has 0 saturated heterocycles. The van der Waals surface area contributed by atoms with Crippen LogP contribution in [0, 0.1) is 36.8 Å². The van der Waals surface area contributed by atoms with Gasteiger partial charge in [-0.3, -0.25) is 9.59 Å². The van der Waals surface area contributed by atoms with Crippen LogP contribution >= 0.6 is 0 Å². The minimum atomic E-state index is -0.636. The molecule has 1 heterocycles. The standard InChI is InChI=1S/C25H23F2N3O3/c1-16-17(2)30(14-18-7-10-20(26)11-8-18)25(21(16)13-28)29-23(31)15-33-24(32)12-9-19-5-3-4-6-22(19)27/h3-8,10-11H,9,12,14-15H2,1-2H3,(H,29,31). The van der Waals surface area contributed by atoms with Crippen molar-refractivity contribution in [2.45, 2.75) is 33.2 Å². The molecule has 1 N–H and O–H groups in total. The van der Waals surface area contributed by atoms with Crippen LogP contribution in [0.3, 0.4) is 0 Å². The van der Waals surface area contributed by atoms with Gasteiger partial charge in [-0.15, -0.1) is 0 Å². The maximum atomic E-state index is 13.7. The lowest BCUT2D eigenvalue weighted by Crippen LogP contribution is -2.23. The average molecular weight is 451 g/mol. The molecular weight excluding hydrogens is 428 g/mol. The zero-order valence-electron chi connectivity index (χ0n) is 18.3. The molecule has 33 heavy (non-hydrogen) atoms. The van der Waals surface area contributed by atoms with Crippen molar-refractivity contribution in [1.82, 2.24) is 4.57 Å². The maximum Gasteiger partial charge on any atom is 0.306 e. The van der Waals surface area contributed by atoms with Gasteiger partial charge in [-0.2, -0.15) is 5.26 Å². The summed E-state index contributed by atoms with van der Waals surface area (Å²) >= 11 is 0. The van der Waals surface area contributed by atoms with E-state index >= 15 is 0 Å². The third-order valence-electron chi connectivity index (χ3n) is 5.37. The molecule has 8 heteroatoms. The summed E-state index contributed by atoms with van der Waals surface area (Å²) in [5.74, 6) is -1.72. The molecule has 0 spiro atoms. The number of nitrogens with zero attached hydrogens (tertiary/aromatic N) is 2. The van der Waals surface area contributed by atoms with Crippen LogP contribution in [0.1, 0.15) is 34.4 Å². The fraction of sp³-hybridized carbons (Fsp3) is 0.240. The number of ether oxygens (including phenoxy) is 1. The summed E-state index contributed by atoms with van der Waals surface area (Å²) < 4.78 is 33.6. The number of nitrogens with one attached hydrogen (secondary N) is 1. The monoisotopic (exact) mass is 451 g/mol. The van der Waals surface area contributed by atoms with E-state index in [2.05, 4.69) is 11.4 Å². The number of rotatable bonds is 8. The molecule has 1 aromatic heterocycles. The Hall–Kier alpha value is -3.99. The molecule has 6 nitrogen and oxygen atoms in total. The third-order valence-corrected chi connectivity index (χ3v) is 5.37. The van der Waals surface area contributed by atoms with Gasteiger partial charge in [0.15, 0.2) is 6.61 Å². The average Bonchev–Trinajstić information content (AvgIpc) is 3.02. The van der Waals surface area contributed by atoms with Crippen molar-refractivity contribution in [2.24, 2.45) is 0 Å². The van der Waals surface area contributed by atoms with Crippen LogP contribution in [0.15, 0.2) is 48.5 Å². The first-order valence-corrected chi connectivity index (χ1v) is 10.3. The van der Waals surface area contributed by atoms with Gasteiger partial charge >= 0.3 is 5.97 Å². The zero-order chi connectivity index (χ0) is 24.0. The lowest BCUT2D eigenvalue weighted by atomic mass is 10.1. The van der Waals surface area contributed by atoms with Crippen LogP contribution in [0.25, 0.3) is 0 Å². The van der Waals surface area contributed by atoms with Gasteiger partial charge in [0.2, 0.25) is 0 Å². The Morgan fingerprint density at radius 1 is 1.09 bits per heavy atom. The van der Waals surface area contributed by atoms with Crippen molar-refractivity contribution in [3.8, 4) is 6.07 Å². The summed E-state index contributed by atoms with van der Waals surface area (Å²) in [5.41, 5.74) is 2.95. The lowest BCUT2D eigenvalue weighted by molar-refractivity contribution is -0.147. The topological polar surface area (TPSA) is 84.1 Å². The minimum Gasteiger partial charge on any atom is -0.456 e. The van der Waals surface area contributed by atoms with Crippen LogP contribution in [0.5, 0.6) is 0 Å². The van der Waals surface area contributed by atoms with Crippen LogP contribution in [0.4, 0.5) is 14.6 Å². The molecule has 0 saturated carbocycles. The number of aryl methyl sites for hydroxylation is 1. The summed E-state index contributed by atoms with van der Waals surface area (Å²) in [6.45, 7) is 3.36. The highest BCUT2D eigenvalue weighted by Gasteiger charge is 2.20. The predicted molar refractivity (Wildman–Crippen MR) is 118 cm³/mol. The molecule has 0 atom stereocenters. The number of carbonyl (C=O) groups is 2. The van der Waals surface area contributed by atoms with Crippen molar-refractivity contribution < 1.29 is 23.1 Å². The Bertz CT molecular complexity index is 1210. The quantitative estimate of drug-likeness (QED) is 0.514. The molecule has 0 bridgehead atoms. The molecule has 0 aliphatic carbocycles. The first kappa shape index (κ1) is 23.7. The SMILES string of the molecule is Cc1c(C#N)c(NC(=O)COC(=O)CCc2ccccc2F)n(Cc2ccc(F)cc2)c1C. The number of hydrogen-bond donors (Lipinski definition) is 1. The second-order valence-corrected chi connectivity index (χ2v) is 7.56. The molecule has 3 aromatic rings. The van der Waals surface area contributed by atoms with Gasteiger partial charge in [0.05, 0.1) is 5.56 Å². The first-order valence-electron chi connectivity index (χ1n) is 10.3. The van der Waals surface area contributed by atoms with E-state index in [4.69, 9.17) is 4.74 Å². The predicted octanol–water partition coefficient (Wildman–Crippen LogP) is 4.42. The Labute approximate surface area is 190 Å². The second kappa shape index (κ2) is 10.6. The van der Waals surface area contributed by atoms with Crippen molar-refractivity contribution >= 4 is 17.7 Å². The number of halogens is 2. The molecule has 3 rings (SSSR count). The zero-order valence-corrected chi connectivity index (χ0v) is 18.3. The van der Waals surface area contributed by atoms with E-state index in [0.717, 1.165) is 11.3 Å². The smallest absolute Gasteiger partial charge is 0.306 e. The molecule has 0 unspecified atom stereocenters. The normalized spacial score (nSPS) is 10.5. The fourth-order valence-electron chi connectivity index (χ4n) is 3.42. The lowest BCUT2D eigenvalue weighted by Gasteiger charge is -2.13. The van der Waals surface area contributed by atoms with Crippen molar-refractivity contribution in [1.29, 1.82) is 5.26 Å². The van der Waals surface area contributed by atoms with Crippen LogP contribution in [-0.4, -0.2) is 23.1 Å². The second-order valence-electron chi connectivity index (χ2n) is 7.56. The third kappa shape index (κ3) is 5.83. The van der Waals surface area contributed by atoms with Crippen LogP contribution in [0.2, 0.25) is 0 Å². The number of carbonyl (C=O) groups excluding carboxylic acids is 2. The highest BCUT2D eigenvalue weighted by Crippen LogP contribution is 2.27. The summed E-state index contributed by atoms with van der Waals surface area (Å²) in [6, 6.07) is 14.2. The highest BCUT2D eigenvalue weighted by molar-refractivity contribution is 5.93. The van der Waals surface area contributed by atoms with Crippen LogP contribution in [-0.2, 0) is 27.3 Å². The van der Waals surface area contributed by atoms with Crippen molar-refractivity contribution in [2.75, 3.05) is 11.9 Å². The highest BCUT2D eigenvalue weighted by atomic mass is 19.1. The van der Waals surface area contributed by atoms with Gasteiger partial charge in [0.25, 0.3) is 5.91 Å². The van der Waals surface area contributed by atoms with Gasteiger partial charge in [-0.05, 0) is 55.2 Å². The molecule has 0 aliphatic rings. The van der Waals surface area contributed by atoms with E-state index < -0.39 is 24.3 Å². The van der Waals surface area contributed by atoms with E-state index in [9.17, 15) is 23.6 Å². The molecule has 170 valence electrons. The summed E-state index contributed by atoms with van der Waals surface area (Å²) in [5, 5.41) is 12.2. The molecule has 0 radical (unpaired) electrons. The number of esters is 1. The van der Waals surface area contributed by atoms with E-state index in [1.165, 1.54) is 18.2 Å². The Morgan fingerprint density at radius 3 is 2.45 bits per heavy atom. The van der Waals surface area contributed by atoms with Crippen molar-refractivity contribution in [3.05, 3.63) is 88.1 Å². The largest absolute Gasteiger partial charge is 0.456 e. The Kier molecular flexibility index (Phi) is 7.57. The fourth-order valence-corrected chi connectivity index (χ4v) is 3.42. The first-order chi connectivity index (χ1) is 15.8. The summed E-state index contributed by atoms with van der Waals surface area (Å²) in [7, 11) is 0. The number of hydrogen-bond acceptors (Lipinski definition) is 4. The molecular formula is C25H23F2N3O3. The van der Waals surface area contributed by atoms with Gasteiger partial charge in [-0.1, -0.05) is 30.3 Å². The van der Waals surface area contributed by atoms with Gasteiger partial charge in [0.1, 0.15) is 23.5 Å². The summed E-state index contributed by atoms with van der Waals surface area (Å²) in [4.78, 5) is 24.5. The number of anilines is 1. The number of benzene rings is 2. The molecule has 0 aliphatic heterocycles. The number of amides is 1. The van der Waals surface area contributed by atoms with Gasteiger partial charge < -0.3 is 14.6 Å². The molecule has 1 amide bonds. The molecule has 2 aromatic carbocycles. The van der Waals surface area contributed by atoms with Crippen molar-refractivity contribution in [3.63, 3.8) is 0 Å². The van der Waals surface area contributed by atoms with E-state index in [-0.39, 0.29) is 24.5 Å². The number of nitriles is 1. The Balaban J connectivity index is 1.65. The van der Waals surface area contributed by atoms with Gasteiger partial charge in [0, 0.05) is 18.7 Å². The van der Waals surface area contributed by atoms with Gasteiger partial charge in [-0.25, -0.2) is 8.78 Å². The minimum absolute atomic E-state index is 0.0726.